The quantitative estimate of drug-likeness (QED) is 0.512. The molecule has 0 aromatic heterocycles. The van der Waals surface area contributed by atoms with E-state index in [1.165, 1.54) is 11.3 Å². The van der Waals surface area contributed by atoms with Crippen LogP contribution in [0.2, 0.25) is 0 Å². The van der Waals surface area contributed by atoms with E-state index in [1.54, 1.807) is 0 Å². The Kier molecular flexibility index (Phi) is 5.12. The van der Waals surface area contributed by atoms with Crippen molar-refractivity contribution in [2.24, 2.45) is 16.7 Å². The van der Waals surface area contributed by atoms with Crippen molar-refractivity contribution < 1.29 is 9.59 Å². The van der Waals surface area contributed by atoms with Crippen molar-refractivity contribution >= 4 is 33.2 Å². The number of hydrogen-bond donors (Lipinski definition) is 0. The van der Waals surface area contributed by atoms with Crippen LogP contribution in [0.1, 0.15) is 50.7 Å². The van der Waals surface area contributed by atoms with Crippen molar-refractivity contribution in [2.75, 3.05) is 11.4 Å². The van der Waals surface area contributed by atoms with E-state index >= 15 is 0 Å². The lowest BCUT2D eigenvalue weighted by Crippen LogP contribution is -2.65. The molecule has 5 rings (SSSR count). The first-order chi connectivity index (χ1) is 14.8. The number of hydrogen-bond acceptors (Lipinski definition) is 3. The van der Waals surface area contributed by atoms with Gasteiger partial charge in [0.15, 0.2) is 0 Å². The fourth-order valence-electron chi connectivity index (χ4n) is 6.27. The minimum atomic E-state index is -0.883. The SMILES string of the molecule is CC1(C)CC(=O)C2(Cc3ccc(Br)cc3N3CC[C@@H](Cc4ccccc4)C[C@H]32)C(=O)C1. The summed E-state index contributed by atoms with van der Waals surface area (Å²) in [5.74, 6) is 0.820. The van der Waals surface area contributed by atoms with Crippen molar-refractivity contribution in [2.45, 2.75) is 58.4 Å². The molecule has 3 nitrogen and oxygen atoms in total. The molecule has 1 aliphatic carbocycles. The van der Waals surface area contributed by atoms with Crippen LogP contribution in [0, 0.1) is 16.7 Å². The molecule has 3 aliphatic rings. The van der Waals surface area contributed by atoms with Gasteiger partial charge < -0.3 is 4.90 Å². The third kappa shape index (κ3) is 3.57. The van der Waals surface area contributed by atoms with Gasteiger partial charge in [0.2, 0.25) is 0 Å². The Labute approximate surface area is 193 Å². The average molecular weight is 480 g/mol. The highest BCUT2D eigenvalue weighted by Gasteiger charge is 2.60. The van der Waals surface area contributed by atoms with Crippen LogP contribution in [0.3, 0.4) is 0 Å². The van der Waals surface area contributed by atoms with Crippen molar-refractivity contribution in [3.05, 3.63) is 64.1 Å². The van der Waals surface area contributed by atoms with E-state index in [0.29, 0.717) is 25.2 Å². The second kappa shape index (κ2) is 7.58. The standard InChI is InChI=1S/C27H30BrNO2/c1-26(2)16-24(30)27(25(31)17-26)15-20-8-9-21(28)14-22(20)29-11-10-19(13-23(27)29)12-18-6-4-3-5-7-18/h3-9,14,19,23H,10-13,15-17H2,1-2H3/t19-,23-/m0/s1. The minimum absolute atomic E-state index is 0.0344. The number of benzene rings is 2. The zero-order valence-electron chi connectivity index (χ0n) is 18.4. The van der Waals surface area contributed by atoms with Gasteiger partial charge in [-0.1, -0.05) is 66.2 Å². The monoisotopic (exact) mass is 479 g/mol. The first-order valence-corrected chi connectivity index (χ1v) is 12.2. The van der Waals surface area contributed by atoms with Crippen LogP contribution in [0.4, 0.5) is 5.69 Å². The van der Waals surface area contributed by atoms with Gasteiger partial charge in [-0.15, -0.1) is 0 Å². The minimum Gasteiger partial charge on any atom is -0.367 e. The largest absolute Gasteiger partial charge is 0.367 e. The second-order valence-electron chi connectivity index (χ2n) is 10.6. The fraction of sp³-hybridized carbons (Fsp3) is 0.481. The molecule has 1 spiro atoms. The first kappa shape index (κ1) is 20.9. The van der Waals surface area contributed by atoms with Crippen LogP contribution in [0.25, 0.3) is 0 Å². The third-order valence-electron chi connectivity index (χ3n) is 7.75. The van der Waals surface area contributed by atoms with Crippen LogP contribution in [0.15, 0.2) is 53.0 Å². The normalized spacial score (nSPS) is 26.5. The van der Waals surface area contributed by atoms with Crippen LogP contribution in [0.5, 0.6) is 0 Å². The lowest BCUT2D eigenvalue weighted by atomic mass is 9.55. The van der Waals surface area contributed by atoms with Gasteiger partial charge in [-0.25, -0.2) is 0 Å². The zero-order chi connectivity index (χ0) is 21.8. The van der Waals surface area contributed by atoms with Gasteiger partial charge in [-0.3, -0.25) is 9.59 Å². The number of rotatable bonds is 2. The number of carbonyl (C=O) groups is 2. The van der Waals surface area contributed by atoms with E-state index < -0.39 is 5.41 Å². The van der Waals surface area contributed by atoms with Crippen LogP contribution >= 0.6 is 15.9 Å². The van der Waals surface area contributed by atoms with Gasteiger partial charge >= 0.3 is 0 Å². The maximum Gasteiger partial charge on any atom is 0.149 e. The van der Waals surface area contributed by atoms with Crippen molar-refractivity contribution in [3.8, 4) is 0 Å². The van der Waals surface area contributed by atoms with Crippen molar-refractivity contribution in [1.29, 1.82) is 0 Å². The molecular formula is C27H30BrNO2. The number of fused-ring (bicyclic) bond motifs is 4. The van der Waals surface area contributed by atoms with E-state index in [0.717, 1.165) is 35.8 Å². The van der Waals surface area contributed by atoms with E-state index in [9.17, 15) is 9.59 Å². The lowest BCUT2D eigenvalue weighted by molar-refractivity contribution is -0.151. The molecular weight excluding hydrogens is 450 g/mol. The Bertz CT molecular complexity index is 1010. The molecule has 0 unspecified atom stereocenters. The Hall–Kier alpha value is -1.94. The summed E-state index contributed by atoms with van der Waals surface area (Å²) in [5.41, 5.74) is 2.57. The predicted molar refractivity (Wildman–Crippen MR) is 127 cm³/mol. The summed E-state index contributed by atoms with van der Waals surface area (Å²) in [6.45, 7) is 5.01. The van der Waals surface area contributed by atoms with Crippen LogP contribution in [-0.4, -0.2) is 24.2 Å². The molecule has 2 aromatic carbocycles. The van der Waals surface area contributed by atoms with Crippen LogP contribution in [-0.2, 0) is 22.4 Å². The van der Waals surface area contributed by atoms with Gasteiger partial charge in [0, 0.05) is 35.6 Å². The lowest BCUT2D eigenvalue weighted by Gasteiger charge is -2.56. The summed E-state index contributed by atoms with van der Waals surface area (Å²) >= 11 is 3.63. The number of carbonyl (C=O) groups excluding carboxylic acids is 2. The van der Waals surface area contributed by atoms with Crippen molar-refractivity contribution in [1.82, 2.24) is 0 Å². The van der Waals surface area contributed by atoms with Gasteiger partial charge in [0.05, 0.1) is 0 Å². The number of ketones is 2. The van der Waals surface area contributed by atoms with Gasteiger partial charge in [0.25, 0.3) is 0 Å². The second-order valence-corrected chi connectivity index (χ2v) is 11.5. The highest BCUT2D eigenvalue weighted by atomic mass is 79.9. The van der Waals surface area contributed by atoms with E-state index in [1.807, 2.05) is 6.07 Å². The molecule has 2 heterocycles. The van der Waals surface area contributed by atoms with E-state index in [-0.39, 0.29) is 23.0 Å². The highest BCUT2D eigenvalue weighted by molar-refractivity contribution is 9.10. The summed E-state index contributed by atoms with van der Waals surface area (Å²) in [4.78, 5) is 29.9. The van der Waals surface area contributed by atoms with Crippen molar-refractivity contribution in [3.63, 3.8) is 0 Å². The predicted octanol–water partition coefficient (Wildman–Crippen LogP) is 5.78. The molecule has 1 saturated heterocycles. The molecule has 1 saturated carbocycles. The summed E-state index contributed by atoms with van der Waals surface area (Å²) in [5, 5.41) is 0. The number of anilines is 1. The van der Waals surface area contributed by atoms with E-state index in [4.69, 9.17) is 0 Å². The molecule has 2 fully saturated rings. The topological polar surface area (TPSA) is 37.4 Å². The molecule has 0 radical (unpaired) electrons. The average Bonchev–Trinajstić information content (AvgIpc) is 2.72. The first-order valence-electron chi connectivity index (χ1n) is 11.4. The molecule has 2 aliphatic heterocycles. The van der Waals surface area contributed by atoms with Gasteiger partial charge in [-0.05, 0) is 60.3 Å². The number of halogens is 1. The Balaban J connectivity index is 1.55. The molecule has 0 amide bonds. The summed E-state index contributed by atoms with van der Waals surface area (Å²) in [7, 11) is 0. The van der Waals surface area contributed by atoms with Gasteiger partial charge in [0.1, 0.15) is 17.0 Å². The molecule has 31 heavy (non-hydrogen) atoms. The molecule has 2 atom stereocenters. The molecule has 0 N–H and O–H groups in total. The Morgan fingerprint density at radius 1 is 1.00 bits per heavy atom. The number of piperidine rings is 1. The Morgan fingerprint density at radius 3 is 2.42 bits per heavy atom. The fourth-order valence-corrected chi connectivity index (χ4v) is 6.62. The van der Waals surface area contributed by atoms with E-state index in [2.05, 4.69) is 77.1 Å². The number of nitrogens with zero attached hydrogens (tertiary/aromatic N) is 1. The zero-order valence-corrected chi connectivity index (χ0v) is 20.0. The number of Topliss-reactive ketones (excluding diaryl/α,β-unsaturated/α-hetero) is 2. The van der Waals surface area contributed by atoms with Crippen LogP contribution < -0.4 is 4.90 Å². The molecule has 4 heteroatoms. The maximum atomic E-state index is 13.7. The maximum absolute atomic E-state index is 13.7. The molecule has 162 valence electrons. The highest BCUT2D eigenvalue weighted by Crippen LogP contribution is 2.53. The summed E-state index contributed by atoms with van der Waals surface area (Å²) in [6.07, 6.45) is 4.56. The smallest absolute Gasteiger partial charge is 0.149 e. The molecule has 2 aromatic rings. The summed E-state index contributed by atoms with van der Waals surface area (Å²) in [6, 6.07) is 16.9. The summed E-state index contributed by atoms with van der Waals surface area (Å²) < 4.78 is 1.05. The van der Waals surface area contributed by atoms with Gasteiger partial charge in [-0.2, -0.15) is 0 Å². The third-order valence-corrected chi connectivity index (χ3v) is 8.24. The molecule has 0 bridgehead atoms. The Morgan fingerprint density at radius 2 is 1.71 bits per heavy atom.